The van der Waals surface area contributed by atoms with Gasteiger partial charge in [-0.15, -0.1) is 0 Å². The first-order chi connectivity index (χ1) is 14.7. The van der Waals surface area contributed by atoms with E-state index in [0.717, 1.165) is 44.9 Å². The molecule has 0 aromatic carbocycles. The third-order valence-corrected chi connectivity index (χ3v) is 9.25. The average molecular weight is 428 g/mol. The number of hydrogen-bond donors (Lipinski definition) is 1. The lowest BCUT2D eigenvalue weighted by Crippen LogP contribution is -2.48. The molecule has 3 fully saturated rings. The predicted molar refractivity (Wildman–Crippen MR) is 115 cm³/mol. The second-order valence-electron chi connectivity index (χ2n) is 11.1. The quantitative estimate of drug-likeness (QED) is 0.439. The minimum Gasteiger partial charge on any atom is -0.390 e. The Hall–Kier alpha value is -2.02. The van der Waals surface area contributed by atoms with E-state index in [0.29, 0.717) is 23.7 Å². The largest absolute Gasteiger partial charge is 0.390 e. The van der Waals surface area contributed by atoms with Gasteiger partial charge in [0.25, 0.3) is 0 Å². The highest BCUT2D eigenvalue weighted by atomic mass is 16.6. The molecule has 0 saturated heterocycles. The zero-order valence-electron chi connectivity index (χ0n) is 18.5. The van der Waals surface area contributed by atoms with Crippen molar-refractivity contribution in [2.75, 3.05) is 0 Å². The van der Waals surface area contributed by atoms with Crippen LogP contribution in [0.25, 0.3) is 0 Å². The summed E-state index contributed by atoms with van der Waals surface area (Å²) in [6.07, 6.45) is 13.1. The maximum absolute atomic E-state index is 13.2. The highest BCUT2D eigenvalue weighted by molar-refractivity contribution is 5.82. The molecule has 5 rings (SSSR count). The Balaban J connectivity index is 1.32. The number of aromatic nitrogens is 2. The van der Waals surface area contributed by atoms with Crippen molar-refractivity contribution in [1.29, 1.82) is 0 Å². The first kappa shape index (κ1) is 20.9. The molecule has 0 bridgehead atoms. The molecule has 3 saturated carbocycles. The molecule has 7 atom stereocenters. The summed E-state index contributed by atoms with van der Waals surface area (Å²) in [7, 11) is 0. The first-order valence-corrected chi connectivity index (χ1v) is 11.8. The standard InChI is InChI=1S/C24H33N3O4/c1-23(29)9-7-17-15(11-23)3-4-19-18(17)8-10-24(2)20(19)5-6-21(24)22(28)14-26-13-16(12-25-26)27(30)31/h3,12-13,17-21,29H,4-11,14H2,1-2H3/t17-,18+,19+,20-,21+,23+,24-/m0/s1. The lowest BCUT2D eigenvalue weighted by Gasteiger charge is -2.54. The van der Waals surface area contributed by atoms with Crippen LogP contribution < -0.4 is 0 Å². The zero-order valence-corrected chi connectivity index (χ0v) is 18.5. The van der Waals surface area contributed by atoms with Crippen LogP contribution >= 0.6 is 0 Å². The van der Waals surface area contributed by atoms with Gasteiger partial charge < -0.3 is 5.11 Å². The van der Waals surface area contributed by atoms with Gasteiger partial charge in [-0.25, -0.2) is 0 Å². The van der Waals surface area contributed by atoms with Crippen molar-refractivity contribution >= 4 is 11.5 Å². The van der Waals surface area contributed by atoms with Crippen LogP contribution in [0.5, 0.6) is 0 Å². The molecule has 7 heteroatoms. The minimum atomic E-state index is -0.551. The van der Waals surface area contributed by atoms with E-state index >= 15 is 0 Å². The second-order valence-corrected chi connectivity index (χ2v) is 11.1. The van der Waals surface area contributed by atoms with Gasteiger partial charge in [-0.1, -0.05) is 18.6 Å². The van der Waals surface area contributed by atoms with Gasteiger partial charge in [0.05, 0.1) is 10.5 Å². The molecule has 1 N–H and O–H groups in total. The summed E-state index contributed by atoms with van der Waals surface area (Å²) >= 11 is 0. The third-order valence-electron chi connectivity index (χ3n) is 9.25. The number of fused-ring (bicyclic) bond motifs is 5. The highest BCUT2D eigenvalue weighted by Crippen LogP contribution is 2.63. The zero-order chi connectivity index (χ0) is 22.0. The molecule has 0 amide bonds. The van der Waals surface area contributed by atoms with Crippen LogP contribution in [0.4, 0.5) is 5.69 Å². The molecule has 4 aliphatic rings. The maximum atomic E-state index is 13.2. The molecule has 7 nitrogen and oxygen atoms in total. The molecular formula is C24H33N3O4. The van der Waals surface area contributed by atoms with Crippen molar-refractivity contribution in [2.45, 2.75) is 77.4 Å². The monoisotopic (exact) mass is 427 g/mol. The Bertz CT molecular complexity index is 935. The van der Waals surface area contributed by atoms with E-state index in [1.54, 1.807) is 0 Å². The summed E-state index contributed by atoms with van der Waals surface area (Å²) in [5.74, 6) is 2.69. The fourth-order valence-corrected chi connectivity index (χ4v) is 7.80. The highest BCUT2D eigenvalue weighted by Gasteiger charge is 2.57. The van der Waals surface area contributed by atoms with Gasteiger partial charge in [-0.05, 0) is 87.4 Å². The fourth-order valence-electron chi connectivity index (χ4n) is 7.80. The van der Waals surface area contributed by atoms with Gasteiger partial charge in [0.2, 0.25) is 0 Å². The summed E-state index contributed by atoms with van der Waals surface area (Å²) in [4.78, 5) is 23.7. The number of Topliss-reactive ketones (excluding diaryl/α,β-unsaturated/α-hetero) is 1. The number of carbonyl (C=O) groups is 1. The first-order valence-electron chi connectivity index (χ1n) is 11.8. The Labute approximate surface area is 183 Å². The summed E-state index contributed by atoms with van der Waals surface area (Å²) in [5.41, 5.74) is 0.875. The van der Waals surface area contributed by atoms with Crippen LogP contribution in [0.15, 0.2) is 24.0 Å². The number of rotatable bonds is 4. The predicted octanol–water partition coefficient (Wildman–Crippen LogP) is 4.30. The lowest BCUT2D eigenvalue weighted by molar-refractivity contribution is -0.385. The van der Waals surface area contributed by atoms with E-state index < -0.39 is 10.5 Å². The van der Waals surface area contributed by atoms with Crippen molar-refractivity contribution in [2.24, 2.45) is 35.0 Å². The average Bonchev–Trinajstić information content (AvgIpc) is 3.31. The number of carbonyl (C=O) groups excluding carboxylic acids is 1. The number of nitro groups is 1. The Morgan fingerprint density at radius 3 is 2.81 bits per heavy atom. The molecule has 168 valence electrons. The molecule has 0 radical (unpaired) electrons. The van der Waals surface area contributed by atoms with Crippen molar-refractivity contribution in [1.82, 2.24) is 9.78 Å². The summed E-state index contributed by atoms with van der Waals surface area (Å²) < 4.78 is 1.42. The number of hydrogen-bond acceptors (Lipinski definition) is 5. The number of allylic oxidation sites excluding steroid dienone is 1. The molecule has 4 aliphatic carbocycles. The van der Waals surface area contributed by atoms with Crippen molar-refractivity contribution < 1.29 is 14.8 Å². The SMILES string of the molecule is C[C@@]1(O)CC[C@H]2C(=CC[C@@H]3[C@@H]2CC[C@]2(C)[C@@H](C(=O)Cn4cc([N+](=O)[O-])cn4)CC[C@@H]32)C1. The van der Waals surface area contributed by atoms with E-state index in [1.807, 2.05) is 6.92 Å². The summed E-state index contributed by atoms with van der Waals surface area (Å²) in [5, 5.41) is 25.5. The number of nitrogens with zero attached hydrogens (tertiary/aromatic N) is 3. The topological polar surface area (TPSA) is 98.3 Å². The van der Waals surface area contributed by atoms with Crippen LogP contribution in [0.1, 0.15) is 65.2 Å². The van der Waals surface area contributed by atoms with Crippen molar-refractivity contribution in [3.05, 3.63) is 34.2 Å². The van der Waals surface area contributed by atoms with Gasteiger partial charge in [0, 0.05) is 5.92 Å². The van der Waals surface area contributed by atoms with Crippen LogP contribution in [0.2, 0.25) is 0 Å². The van der Waals surface area contributed by atoms with Crippen LogP contribution in [0.3, 0.4) is 0 Å². The Morgan fingerprint density at radius 2 is 2.06 bits per heavy atom. The molecule has 1 heterocycles. The number of aliphatic hydroxyl groups is 1. The second kappa shape index (κ2) is 7.26. The van der Waals surface area contributed by atoms with Gasteiger partial charge in [0.15, 0.2) is 5.78 Å². The van der Waals surface area contributed by atoms with Crippen LogP contribution in [-0.2, 0) is 11.3 Å². The van der Waals surface area contributed by atoms with Gasteiger partial charge in [0.1, 0.15) is 18.9 Å². The molecule has 1 aromatic heterocycles. The maximum Gasteiger partial charge on any atom is 0.307 e. The fraction of sp³-hybridized carbons (Fsp3) is 0.750. The van der Waals surface area contributed by atoms with Gasteiger partial charge in [-0.3, -0.25) is 19.6 Å². The minimum absolute atomic E-state index is 0.0131. The van der Waals surface area contributed by atoms with Gasteiger partial charge in [-0.2, -0.15) is 5.10 Å². The smallest absolute Gasteiger partial charge is 0.307 e. The van der Waals surface area contributed by atoms with Crippen LogP contribution in [0, 0.1) is 45.1 Å². The number of ketones is 1. The van der Waals surface area contributed by atoms with E-state index in [2.05, 4.69) is 18.1 Å². The lowest BCUT2D eigenvalue weighted by atomic mass is 9.51. The van der Waals surface area contributed by atoms with Crippen molar-refractivity contribution in [3.8, 4) is 0 Å². The van der Waals surface area contributed by atoms with E-state index in [1.165, 1.54) is 29.1 Å². The summed E-state index contributed by atoms with van der Waals surface area (Å²) in [6.45, 7) is 4.41. The normalized spacial score (nSPS) is 41.6. The summed E-state index contributed by atoms with van der Waals surface area (Å²) in [6, 6.07) is 0. The van der Waals surface area contributed by atoms with Gasteiger partial charge >= 0.3 is 5.69 Å². The Morgan fingerprint density at radius 1 is 1.26 bits per heavy atom. The molecule has 1 aromatic rings. The molecular weight excluding hydrogens is 394 g/mol. The molecule has 0 unspecified atom stereocenters. The molecule has 0 spiro atoms. The van der Waals surface area contributed by atoms with Crippen LogP contribution in [-0.4, -0.2) is 31.2 Å². The van der Waals surface area contributed by atoms with E-state index in [9.17, 15) is 20.0 Å². The molecule has 0 aliphatic heterocycles. The van der Waals surface area contributed by atoms with E-state index in [4.69, 9.17) is 0 Å². The third kappa shape index (κ3) is 3.45. The van der Waals surface area contributed by atoms with Crippen molar-refractivity contribution in [3.63, 3.8) is 0 Å². The molecule has 31 heavy (non-hydrogen) atoms. The van der Waals surface area contributed by atoms with E-state index in [-0.39, 0.29) is 29.3 Å². The Kier molecular flexibility index (Phi) is 4.88.